The van der Waals surface area contributed by atoms with Crippen LogP contribution in [0.5, 0.6) is 0 Å². The molecule has 0 bridgehead atoms. The third-order valence-electron chi connectivity index (χ3n) is 3.29. The van der Waals surface area contributed by atoms with E-state index in [4.69, 9.17) is 0 Å². The molecule has 3 nitrogen and oxygen atoms in total. The first-order chi connectivity index (χ1) is 10.5. The number of hydrogen-bond donors (Lipinski definition) is 1. The number of aryl methyl sites for hydroxylation is 1. The molecular weight excluding hydrogens is 299 g/mol. The van der Waals surface area contributed by atoms with Gasteiger partial charge in [0.1, 0.15) is 5.82 Å². The molecule has 5 heteroatoms. The quantitative estimate of drug-likeness (QED) is 0.875. The zero-order valence-corrected chi connectivity index (χ0v) is 14.0. The fourth-order valence-electron chi connectivity index (χ4n) is 2.13. The molecule has 118 valence electrons. The summed E-state index contributed by atoms with van der Waals surface area (Å²) < 4.78 is 13.0. The van der Waals surface area contributed by atoms with E-state index < -0.39 is 0 Å². The van der Waals surface area contributed by atoms with Crippen molar-refractivity contribution in [3.8, 4) is 11.3 Å². The number of aromatic nitrogens is 1. The lowest BCUT2D eigenvalue weighted by atomic mass is 10.1. The zero-order valence-electron chi connectivity index (χ0n) is 13.1. The van der Waals surface area contributed by atoms with Gasteiger partial charge in [-0.15, -0.1) is 11.3 Å². The van der Waals surface area contributed by atoms with E-state index in [-0.39, 0.29) is 11.7 Å². The van der Waals surface area contributed by atoms with Crippen molar-refractivity contribution >= 4 is 17.2 Å². The lowest BCUT2D eigenvalue weighted by Crippen LogP contribution is -2.26. The number of benzene rings is 1. The van der Waals surface area contributed by atoms with Crippen molar-refractivity contribution in [3.05, 3.63) is 40.0 Å². The molecule has 0 spiro atoms. The van der Waals surface area contributed by atoms with E-state index in [9.17, 15) is 9.18 Å². The van der Waals surface area contributed by atoms with E-state index >= 15 is 0 Å². The highest BCUT2D eigenvalue weighted by Gasteiger charge is 2.14. The van der Waals surface area contributed by atoms with Crippen molar-refractivity contribution in [1.82, 2.24) is 10.3 Å². The highest BCUT2D eigenvalue weighted by molar-refractivity contribution is 7.12. The van der Waals surface area contributed by atoms with Crippen LogP contribution in [0, 0.1) is 18.7 Å². The number of amides is 1. The molecule has 1 aromatic heterocycles. The molecule has 0 saturated carbocycles. The first kappa shape index (κ1) is 16.6. The molecule has 2 rings (SSSR count). The number of nitrogens with zero attached hydrogens (tertiary/aromatic N) is 1. The highest BCUT2D eigenvalue weighted by atomic mass is 32.1. The predicted molar refractivity (Wildman–Crippen MR) is 88.4 cm³/mol. The molecule has 0 saturated heterocycles. The summed E-state index contributed by atoms with van der Waals surface area (Å²) in [5, 5.41) is 3.85. The second kappa shape index (κ2) is 7.49. The van der Waals surface area contributed by atoms with Crippen molar-refractivity contribution in [2.45, 2.75) is 33.6 Å². The fourth-order valence-corrected chi connectivity index (χ4v) is 3.09. The number of carbonyl (C=O) groups excluding carboxylic acids is 1. The number of carbonyl (C=O) groups is 1. The van der Waals surface area contributed by atoms with Gasteiger partial charge in [0.25, 0.3) is 0 Å². The zero-order chi connectivity index (χ0) is 16.1. The van der Waals surface area contributed by atoms with Crippen LogP contribution in [0.25, 0.3) is 11.3 Å². The second-order valence-corrected chi connectivity index (χ2v) is 7.01. The van der Waals surface area contributed by atoms with Crippen LogP contribution in [0.4, 0.5) is 4.39 Å². The fraction of sp³-hybridized carbons (Fsp3) is 0.412. The standard InChI is InChI=1S/C17H21FN2OS/c1-11(2)8-9-19-16(21)10-15-17(20-12(3)22-15)13-4-6-14(18)7-5-13/h4-7,11H,8-10H2,1-3H3,(H,19,21). The summed E-state index contributed by atoms with van der Waals surface area (Å²) in [5.74, 6) is 0.303. The monoisotopic (exact) mass is 320 g/mol. The van der Waals surface area contributed by atoms with Crippen LogP contribution in [-0.2, 0) is 11.2 Å². The van der Waals surface area contributed by atoms with Crippen LogP contribution in [0.3, 0.4) is 0 Å². The Bertz CT molecular complexity index is 635. The Morgan fingerprint density at radius 3 is 2.64 bits per heavy atom. The van der Waals surface area contributed by atoms with E-state index in [1.165, 1.54) is 23.5 Å². The summed E-state index contributed by atoms with van der Waals surface area (Å²) in [5.41, 5.74) is 1.62. The third kappa shape index (κ3) is 4.63. The topological polar surface area (TPSA) is 42.0 Å². The van der Waals surface area contributed by atoms with Gasteiger partial charge in [-0.05, 0) is 43.5 Å². The summed E-state index contributed by atoms with van der Waals surface area (Å²) >= 11 is 1.52. The molecule has 2 aromatic rings. The van der Waals surface area contributed by atoms with Crippen molar-refractivity contribution < 1.29 is 9.18 Å². The van der Waals surface area contributed by atoms with Gasteiger partial charge >= 0.3 is 0 Å². The summed E-state index contributed by atoms with van der Waals surface area (Å²) in [6, 6.07) is 6.22. The molecule has 0 radical (unpaired) electrons. The molecule has 1 aromatic carbocycles. The number of hydrogen-bond acceptors (Lipinski definition) is 3. The first-order valence-corrected chi connectivity index (χ1v) is 8.26. The largest absolute Gasteiger partial charge is 0.356 e. The summed E-state index contributed by atoms with van der Waals surface area (Å²) in [7, 11) is 0. The molecule has 0 fully saturated rings. The Morgan fingerprint density at radius 2 is 2.00 bits per heavy atom. The average molecular weight is 320 g/mol. The van der Waals surface area contributed by atoms with Crippen LogP contribution in [0.15, 0.2) is 24.3 Å². The van der Waals surface area contributed by atoms with E-state index in [1.807, 2.05) is 6.92 Å². The van der Waals surface area contributed by atoms with Crippen LogP contribution in [0.1, 0.15) is 30.2 Å². The Labute approximate surface area is 134 Å². The minimum absolute atomic E-state index is 0.00709. The number of nitrogens with one attached hydrogen (secondary N) is 1. The maximum atomic E-state index is 13.0. The first-order valence-electron chi connectivity index (χ1n) is 7.44. The minimum atomic E-state index is -0.274. The summed E-state index contributed by atoms with van der Waals surface area (Å²) in [6.07, 6.45) is 1.29. The van der Waals surface area contributed by atoms with Gasteiger partial charge < -0.3 is 5.32 Å². The Kier molecular flexibility index (Phi) is 5.66. The van der Waals surface area contributed by atoms with Gasteiger partial charge in [-0.2, -0.15) is 0 Å². The van der Waals surface area contributed by atoms with Gasteiger partial charge in [0.15, 0.2) is 0 Å². The Hall–Kier alpha value is -1.75. The van der Waals surface area contributed by atoms with Crippen molar-refractivity contribution in [3.63, 3.8) is 0 Å². The van der Waals surface area contributed by atoms with Gasteiger partial charge in [0, 0.05) is 17.0 Å². The van der Waals surface area contributed by atoms with Gasteiger partial charge in [-0.25, -0.2) is 9.37 Å². The maximum absolute atomic E-state index is 13.0. The van der Waals surface area contributed by atoms with E-state index in [2.05, 4.69) is 24.1 Å². The molecule has 22 heavy (non-hydrogen) atoms. The number of rotatable bonds is 6. The molecular formula is C17H21FN2OS. The molecule has 0 atom stereocenters. The number of thiazole rings is 1. The van der Waals surface area contributed by atoms with Crippen molar-refractivity contribution in [2.75, 3.05) is 6.54 Å². The summed E-state index contributed by atoms with van der Waals surface area (Å²) in [6.45, 7) is 6.87. The third-order valence-corrected chi connectivity index (χ3v) is 4.26. The molecule has 1 heterocycles. The smallest absolute Gasteiger partial charge is 0.225 e. The SMILES string of the molecule is Cc1nc(-c2ccc(F)cc2)c(CC(=O)NCCC(C)C)s1. The van der Waals surface area contributed by atoms with E-state index in [0.717, 1.165) is 27.6 Å². The number of halogens is 1. The van der Waals surface area contributed by atoms with Crippen molar-refractivity contribution in [2.24, 2.45) is 5.92 Å². The maximum Gasteiger partial charge on any atom is 0.225 e. The van der Waals surface area contributed by atoms with Gasteiger partial charge in [-0.1, -0.05) is 13.8 Å². The van der Waals surface area contributed by atoms with Crippen molar-refractivity contribution in [1.29, 1.82) is 0 Å². The van der Waals surface area contributed by atoms with Crippen LogP contribution in [0.2, 0.25) is 0 Å². The molecule has 0 aliphatic heterocycles. The average Bonchev–Trinajstić information content (AvgIpc) is 2.80. The highest BCUT2D eigenvalue weighted by Crippen LogP contribution is 2.28. The van der Waals surface area contributed by atoms with Gasteiger partial charge in [-0.3, -0.25) is 4.79 Å². The Morgan fingerprint density at radius 1 is 1.32 bits per heavy atom. The molecule has 0 aliphatic carbocycles. The van der Waals surface area contributed by atoms with Crippen LogP contribution in [-0.4, -0.2) is 17.4 Å². The predicted octanol–water partition coefficient (Wildman–Crippen LogP) is 3.96. The van der Waals surface area contributed by atoms with E-state index in [0.29, 0.717) is 18.9 Å². The molecule has 1 amide bonds. The minimum Gasteiger partial charge on any atom is -0.356 e. The van der Waals surface area contributed by atoms with Gasteiger partial charge in [0.2, 0.25) is 5.91 Å². The molecule has 0 aliphatic rings. The van der Waals surface area contributed by atoms with Crippen LogP contribution < -0.4 is 5.32 Å². The second-order valence-electron chi connectivity index (χ2n) is 5.72. The molecule has 0 unspecified atom stereocenters. The van der Waals surface area contributed by atoms with Gasteiger partial charge in [0.05, 0.1) is 17.1 Å². The summed E-state index contributed by atoms with van der Waals surface area (Å²) in [4.78, 5) is 17.5. The lowest BCUT2D eigenvalue weighted by molar-refractivity contribution is -0.120. The lowest BCUT2D eigenvalue weighted by Gasteiger charge is -2.07. The molecule has 1 N–H and O–H groups in total. The normalized spacial score (nSPS) is 11.0. The Balaban J connectivity index is 2.08. The van der Waals surface area contributed by atoms with Crippen LogP contribution >= 0.6 is 11.3 Å². The van der Waals surface area contributed by atoms with E-state index in [1.54, 1.807) is 12.1 Å².